The number of aromatic nitrogens is 4. The molecule has 4 rings (SSSR count). The second-order valence-electron chi connectivity index (χ2n) is 8.49. The van der Waals surface area contributed by atoms with Crippen molar-refractivity contribution in [2.24, 2.45) is 5.92 Å². The number of rotatable bonds is 7. The molecule has 0 amide bonds. The highest BCUT2D eigenvalue weighted by Gasteiger charge is 2.19. The van der Waals surface area contributed by atoms with Crippen LogP contribution in [0.5, 0.6) is 5.75 Å². The molecule has 0 saturated carbocycles. The molecule has 4 aromatic rings. The fourth-order valence-corrected chi connectivity index (χ4v) is 3.78. The minimum Gasteiger partial charge on any atom is -0.497 e. The number of hydrogen-bond acceptors (Lipinski definition) is 4. The second-order valence-corrected chi connectivity index (χ2v) is 8.49. The van der Waals surface area contributed by atoms with Crippen molar-refractivity contribution in [3.8, 4) is 11.4 Å². The Balaban J connectivity index is 1.93. The molecule has 2 aromatic carbocycles. The summed E-state index contributed by atoms with van der Waals surface area (Å²) < 4.78 is 10.0. The van der Waals surface area contributed by atoms with Crippen LogP contribution in [0, 0.1) is 12.8 Å². The van der Waals surface area contributed by atoms with Gasteiger partial charge in [-0.2, -0.15) is 0 Å². The molecule has 0 N–H and O–H groups in total. The van der Waals surface area contributed by atoms with E-state index in [1.54, 1.807) is 18.0 Å². The van der Waals surface area contributed by atoms with Gasteiger partial charge < -0.3 is 9.30 Å². The van der Waals surface area contributed by atoms with Crippen LogP contribution in [0.4, 0.5) is 0 Å². The monoisotopic (exact) mass is 432 g/mol. The minimum absolute atomic E-state index is 0.311. The first-order valence-electron chi connectivity index (χ1n) is 10.8. The molecule has 0 aliphatic rings. The molecule has 0 saturated heterocycles. The summed E-state index contributed by atoms with van der Waals surface area (Å²) in [4.78, 5) is 31.4. The van der Waals surface area contributed by atoms with Gasteiger partial charge in [-0.15, -0.1) is 0 Å². The van der Waals surface area contributed by atoms with Crippen LogP contribution < -0.4 is 16.0 Å². The molecule has 0 fully saturated rings. The lowest BCUT2D eigenvalue weighted by atomic mass is 10.1. The lowest BCUT2D eigenvalue weighted by Gasteiger charge is -2.14. The highest BCUT2D eigenvalue weighted by Crippen LogP contribution is 2.18. The Morgan fingerprint density at radius 1 is 1.06 bits per heavy atom. The molecule has 0 aliphatic heterocycles. The van der Waals surface area contributed by atoms with Crippen LogP contribution >= 0.6 is 0 Å². The van der Waals surface area contributed by atoms with Gasteiger partial charge in [-0.1, -0.05) is 43.7 Å². The van der Waals surface area contributed by atoms with Crippen molar-refractivity contribution < 1.29 is 4.74 Å². The first-order chi connectivity index (χ1) is 15.4. The number of benzene rings is 2. The molecule has 2 aromatic heterocycles. The number of methoxy groups -OCH3 is 1. The summed E-state index contributed by atoms with van der Waals surface area (Å²) in [5, 5.41) is 0. The Hall–Kier alpha value is -3.61. The molecule has 0 aliphatic carbocycles. The van der Waals surface area contributed by atoms with Crippen LogP contribution in [0.1, 0.15) is 31.4 Å². The molecule has 0 unspecified atom stereocenters. The fourth-order valence-electron chi connectivity index (χ4n) is 3.78. The number of nitrogens with zero attached hydrogens (tertiary/aromatic N) is 4. The third-order valence-corrected chi connectivity index (χ3v) is 5.61. The Bertz CT molecular complexity index is 1360. The minimum atomic E-state index is -0.362. The van der Waals surface area contributed by atoms with Crippen LogP contribution in [-0.4, -0.2) is 25.8 Å². The van der Waals surface area contributed by atoms with Gasteiger partial charge in [-0.05, 0) is 49.1 Å². The quantitative estimate of drug-likeness (QED) is 0.446. The maximum atomic E-state index is 13.5. The number of imidazole rings is 1. The number of hydrogen-bond donors (Lipinski definition) is 0. The van der Waals surface area contributed by atoms with Gasteiger partial charge in [0.05, 0.1) is 19.1 Å². The van der Waals surface area contributed by atoms with E-state index in [0.29, 0.717) is 35.9 Å². The summed E-state index contributed by atoms with van der Waals surface area (Å²) in [7, 11) is 1.62. The summed E-state index contributed by atoms with van der Waals surface area (Å²) in [6, 6.07) is 15.4. The van der Waals surface area contributed by atoms with Gasteiger partial charge in [0.2, 0.25) is 0 Å². The number of aryl methyl sites for hydroxylation is 1. The first-order valence-corrected chi connectivity index (χ1v) is 10.8. The summed E-state index contributed by atoms with van der Waals surface area (Å²) in [6.45, 7) is 6.96. The molecular formula is C25H28N4O3. The molecule has 32 heavy (non-hydrogen) atoms. The van der Waals surface area contributed by atoms with Gasteiger partial charge in [-0.3, -0.25) is 9.36 Å². The van der Waals surface area contributed by atoms with Crippen LogP contribution in [0.25, 0.3) is 16.9 Å². The van der Waals surface area contributed by atoms with E-state index in [1.807, 2.05) is 60.0 Å². The van der Waals surface area contributed by atoms with Crippen molar-refractivity contribution in [3.05, 3.63) is 86.8 Å². The summed E-state index contributed by atoms with van der Waals surface area (Å²) in [6.07, 6.45) is 2.36. The van der Waals surface area contributed by atoms with Crippen molar-refractivity contribution in [1.29, 1.82) is 0 Å². The maximum Gasteiger partial charge on any atom is 0.337 e. The van der Waals surface area contributed by atoms with Gasteiger partial charge in [0, 0.05) is 13.1 Å². The van der Waals surface area contributed by atoms with Gasteiger partial charge in [0.25, 0.3) is 5.56 Å². The predicted molar refractivity (Wildman–Crippen MR) is 126 cm³/mol. The third kappa shape index (κ3) is 4.10. The van der Waals surface area contributed by atoms with Crippen molar-refractivity contribution in [3.63, 3.8) is 0 Å². The van der Waals surface area contributed by atoms with Crippen molar-refractivity contribution >= 4 is 11.2 Å². The van der Waals surface area contributed by atoms with Crippen molar-refractivity contribution in [2.75, 3.05) is 7.11 Å². The first kappa shape index (κ1) is 21.6. The molecular weight excluding hydrogens is 404 g/mol. The largest absolute Gasteiger partial charge is 0.497 e. The number of fused-ring (bicyclic) bond motifs is 1. The molecule has 0 bridgehead atoms. The third-order valence-electron chi connectivity index (χ3n) is 5.61. The normalized spacial score (nSPS) is 11.4. The molecule has 0 radical (unpaired) electrons. The van der Waals surface area contributed by atoms with E-state index in [1.165, 1.54) is 4.57 Å². The SMILES string of the molecule is COc1cccc(Cn2cnc3c2c(=O)n(CCC(C)C)c(=O)n3-c2ccc(C)cc2)c1. The molecule has 2 heterocycles. The van der Waals surface area contributed by atoms with Crippen LogP contribution in [-0.2, 0) is 13.1 Å². The Morgan fingerprint density at radius 3 is 2.50 bits per heavy atom. The van der Waals surface area contributed by atoms with Crippen LogP contribution in [0.2, 0.25) is 0 Å². The average molecular weight is 433 g/mol. The van der Waals surface area contributed by atoms with Gasteiger partial charge in [0.1, 0.15) is 5.75 Å². The van der Waals surface area contributed by atoms with E-state index < -0.39 is 0 Å². The standard InChI is InChI=1S/C25H28N4O3/c1-17(2)12-13-28-24(30)22-23(29(25(28)31)20-10-8-18(3)9-11-20)26-16-27(22)15-19-6-5-7-21(14-19)32-4/h5-11,14,16-17H,12-13,15H2,1-4H3. The molecule has 166 valence electrons. The summed E-state index contributed by atoms with van der Waals surface area (Å²) in [5.74, 6) is 1.12. The number of ether oxygens (including phenoxy) is 1. The van der Waals surface area contributed by atoms with Gasteiger partial charge in [0.15, 0.2) is 11.2 Å². The molecule has 0 spiro atoms. The zero-order chi connectivity index (χ0) is 22.8. The zero-order valence-corrected chi connectivity index (χ0v) is 18.9. The summed E-state index contributed by atoms with van der Waals surface area (Å²) in [5.41, 5.74) is 2.87. The van der Waals surface area contributed by atoms with E-state index >= 15 is 0 Å². The molecule has 7 nitrogen and oxygen atoms in total. The lowest BCUT2D eigenvalue weighted by Crippen LogP contribution is -2.40. The second kappa shape index (κ2) is 8.86. The van der Waals surface area contributed by atoms with Crippen LogP contribution in [0.15, 0.2) is 64.4 Å². The maximum absolute atomic E-state index is 13.5. The van der Waals surface area contributed by atoms with E-state index in [4.69, 9.17) is 4.74 Å². The van der Waals surface area contributed by atoms with Crippen molar-refractivity contribution in [1.82, 2.24) is 18.7 Å². The van der Waals surface area contributed by atoms with E-state index in [0.717, 1.165) is 23.3 Å². The highest BCUT2D eigenvalue weighted by atomic mass is 16.5. The molecule has 0 atom stereocenters. The molecule has 7 heteroatoms. The van der Waals surface area contributed by atoms with E-state index in [2.05, 4.69) is 18.8 Å². The lowest BCUT2D eigenvalue weighted by molar-refractivity contribution is 0.414. The van der Waals surface area contributed by atoms with E-state index in [-0.39, 0.29) is 11.2 Å². The Labute approximate surface area is 186 Å². The Kier molecular flexibility index (Phi) is 5.99. The average Bonchev–Trinajstić information content (AvgIpc) is 3.18. The smallest absolute Gasteiger partial charge is 0.337 e. The van der Waals surface area contributed by atoms with Gasteiger partial charge >= 0.3 is 5.69 Å². The highest BCUT2D eigenvalue weighted by molar-refractivity contribution is 5.72. The van der Waals surface area contributed by atoms with E-state index in [9.17, 15) is 9.59 Å². The summed E-state index contributed by atoms with van der Waals surface area (Å²) >= 11 is 0. The van der Waals surface area contributed by atoms with Crippen LogP contribution in [0.3, 0.4) is 0 Å². The zero-order valence-electron chi connectivity index (χ0n) is 18.9. The topological polar surface area (TPSA) is 71.1 Å². The van der Waals surface area contributed by atoms with Gasteiger partial charge in [-0.25, -0.2) is 14.3 Å². The fraction of sp³-hybridized carbons (Fsp3) is 0.320. The Morgan fingerprint density at radius 2 is 1.81 bits per heavy atom. The van der Waals surface area contributed by atoms with Crippen molar-refractivity contribution in [2.45, 2.75) is 40.3 Å². The predicted octanol–water partition coefficient (Wildman–Crippen LogP) is 3.76.